The highest BCUT2D eigenvalue weighted by molar-refractivity contribution is 5.93. The van der Waals surface area contributed by atoms with Crippen LogP contribution in [0, 0.1) is 0 Å². The third-order valence-corrected chi connectivity index (χ3v) is 3.86. The molecule has 0 fully saturated rings. The Morgan fingerprint density at radius 2 is 1.67 bits per heavy atom. The average molecular weight is 365 g/mol. The van der Waals surface area contributed by atoms with Gasteiger partial charge in [0.05, 0.1) is 11.9 Å². The van der Waals surface area contributed by atoms with Gasteiger partial charge in [-0.2, -0.15) is 0 Å². The molecule has 0 aliphatic rings. The fourth-order valence-electron chi connectivity index (χ4n) is 2.56. The molecule has 3 aromatic rings. The Kier molecular flexibility index (Phi) is 5.78. The van der Waals surface area contributed by atoms with Crippen molar-refractivity contribution >= 4 is 34.3 Å². The van der Waals surface area contributed by atoms with Gasteiger partial charge in [0.2, 0.25) is 11.8 Å². The molecule has 3 N–H and O–H groups in total. The van der Waals surface area contributed by atoms with Crippen molar-refractivity contribution in [2.24, 2.45) is 0 Å². The van der Waals surface area contributed by atoms with E-state index >= 15 is 0 Å². The number of hydrogen-bond donors (Lipinski definition) is 3. The van der Waals surface area contributed by atoms with Gasteiger partial charge in [-0.15, -0.1) is 0 Å². The summed E-state index contributed by atoms with van der Waals surface area (Å²) in [4.78, 5) is 39.5. The lowest BCUT2D eigenvalue weighted by molar-refractivity contribution is -0.129. The molecular formula is C19H19N5O3. The number of fused-ring (bicyclic) bond motifs is 1. The monoisotopic (exact) mass is 365 g/mol. The molecule has 27 heavy (non-hydrogen) atoms. The number of amides is 3. The van der Waals surface area contributed by atoms with Crippen molar-refractivity contribution in [1.29, 1.82) is 0 Å². The Morgan fingerprint density at radius 1 is 0.889 bits per heavy atom. The maximum absolute atomic E-state index is 12.0. The maximum atomic E-state index is 12.0. The lowest BCUT2D eigenvalue weighted by Gasteiger charge is -2.09. The molecule has 8 nitrogen and oxygen atoms in total. The number of carbonyl (C=O) groups excluding carboxylic acids is 3. The van der Waals surface area contributed by atoms with E-state index in [2.05, 4.69) is 21.2 Å². The third-order valence-electron chi connectivity index (χ3n) is 3.86. The first-order chi connectivity index (χ1) is 13.1. The number of nitrogens with zero attached hydrogens (tertiary/aromatic N) is 2. The van der Waals surface area contributed by atoms with Gasteiger partial charge in [0.15, 0.2) is 0 Å². The number of anilines is 1. The molecule has 2 aromatic heterocycles. The Hall–Kier alpha value is -3.68. The third kappa shape index (κ3) is 5.15. The molecule has 0 bridgehead atoms. The van der Waals surface area contributed by atoms with E-state index in [-0.39, 0.29) is 31.2 Å². The highest BCUT2D eigenvalue weighted by Gasteiger charge is 2.10. The first-order valence-electron chi connectivity index (χ1n) is 8.43. The van der Waals surface area contributed by atoms with Crippen LogP contribution in [0.1, 0.15) is 12.8 Å². The van der Waals surface area contributed by atoms with Gasteiger partial charge in [-0.3, -0.25) is 30.2 Å². The Labute approximate surface area is 155 Å². The van der Waals surface area contributed by atoms with Crippen molar-refractivity contribution in [2.45, 2.75) is 19.4 Å². The minimum Gasteiger partial charge on any atom is -0.338 e. The minimum atomic E-state index is -0.443. The van der Waals surface area contributed by atoms with Crippen LogP contribution in [-0.2, 0) is 20.9 Å². The lowest BCUT2D eigenvalue weighted by Crippen LogP contribution is -2.43. The molecule has 3 amide bonds. The summed E-state index contributed by atoms with van der Waals surface area (Å²) in [5, 5.41) is 3.67. The van der Waals surface area contributed by atoms with Gasteiger partial charge >= 0.3 is 0 Å². The van der Waals surface area contributed by atoms with E-state index in [1.165, 1.54) is 6.20 Å². The standard InChI is InChI=1S/C19H19N5O3/c25-17(21-15-5-3-10-20-12-15)7-8-18(26)22-23-19(27)13-24-11-9-14-4-1-2-6-16(14)24/h1-6,9-12H,7-8,13H2,(H,21,25)(H,22,26)(H,23,27). The van der Waals surface area contributed by atoms with Gasteiger partial charge in [-0.25, -0.2) is 0 Å². The predicted molar refractivity (Wildman–Crippen MR) is 100 cm³/mol. The van der Waals surface area contributed by atoms with Crippen LogP contribution in [0.5, 0.6) is 0 Å². The molecule has 138 valence electrons. The van der Waals surface area contributed by atoms with Crippen LogP contribution >= 0.6 is 0 Å². The molecule has 8 heteroatoms. The van der Waals surface area contributed by atoms with Crippen LogP contribution in [0.25, 0.3) is 10.9 Å². The minimum absolute atomic E-state index is 0.00115. The van der Waals surface area contributed by atoms with Crippen LogP contribution in [0.4, 0.5) is 5.69 Å². The van der Waals surface area contributed by atoms with Gasteiger partial charge in [0.1, 0.15) is 6.54 Å². The fraction of sp³-hybridized carbons (Fsp3) is 0.158. The molecule has 0 aliphatic carbocycles. The molecule has 0 aliphatic heterocycles. The summed E-state index contributed by atoms with van der Waals surface area (Å²) in [5.41, 5.74) is 6.18. The SMILES string of the molecule is O=C(CCC(=O)Nc1cccnc1)NNC(=O)Cn1ccc2ccccc21. The van der Waals surface area contributed by atoms with Gasteiger partial charge in [0, 0.05) is 30.8 Å². The number of para-hydroxylation sites is 1. The van der Waals surface area contributed by atoms with Crippen molar-refractivity contribution in [2.75, 3.05) is 5.32 Å². The number of pyridine rings is 1. The molecule has 0 saturated carbocycles. The zero-order valence-corrected chi connectivity index (χ0v) is 14.5. The zero-order chi connectivity index (χ0) is 19.1. The highest BCUT2D eigenvalue weighted by atomic mass is 16.2. The van der Waals surface area contributed by atoms with Gasteiger partial charge < -0.3 is 9.88 Å². The van der Waals surface area contributed by atoms with E-state index in [0.29, 0.717) is 5.69 Å². The number of aromatic nitrogens is 2. The largest absolute Gasteiger partial charge is 0.338 e. The second-order valence-electron chi connectivity index (χ2n) is 5.89. The summed E-state index contributed by atoms with van der Waals surface area (Å²) in [6.07, 6.45) is 4.89. The van der Waals surface area contributed by atoms with Crippen LogP contribution < -0.4 is 16.2 Å². The van der Waals surface area contributed by atoms with Crippen LogP contribution in [0.2, 0.25) is 0 Å². The van der Waals surface area contributed by atoms with Gasteiger partial charge in [-0.1, -0.05) is 18.2 Å². The molecule has 3 rings (SSSR count). The Bertz CT molecular complexity index is 952. The van der Waals surface area contributed by atoms with Gasteiger partial charge in [0.25, 0.3) is 5.91 Å². The second-order valence-corrected chi connectivity index (χ2v) is 5.89. The topological polar surface area (TPSA) is 105 Å². The van der Waals surface area contributed by atoms with Crippen LogP contribution in [-0.4, -0.2) is 27.3 Å². The molecule has 0 atom stereocenters. The van der Waals surface area contributed by atoms with Crippen molar-refractivity contribution in [3.8, 4) is 0 Å². The van der Waals surface area contributed by atoms with E-state index in [9.17, 15) is 14.4 Å². The van der Waals surface area contributed by atoms with E-state index in [1.54, 1.807) is 22.9 Å². The first kappa shape index (κ1) is 18.1. The summed E-state index contributed by atoms with van der Waals surface area (Å²) in [6, 6.07) is 13.0. The van der Waals surface area contributed by atoms with Crippen molar-refractivity contribution in [1.82, 2.24) is 20.4 Å². The molecule has 0 radical (unpaired) electrons. The smallest absolute Gasteiger partial charge is 0.258 e. The number of hydrogen-bond acceptors (Lipinski definition) is 4. The van der Waals surface area contributed by atoms with E-state index in [0.717, 1.165) is 10.9 Å². The van der Waals surface area contributed by atoms with Crippen molar-refractivity contribution in [3.05, 3.63) is 61.1 Å². The fourth-order valence-corrected chi connectivity index (χ4v) is 2.56. The summed E-state index contributed by atoms with van der Waals surface area (Å²) in [7, 11) is 0. The second kappa shape index (κ2) is 8.61. The first-order valence-corrected chi connectivity index (χ1v) is 8.43. The van der Waals surface area contributed by atoms with E-state index in [4.69, 9.17) is 0 Å². The van der Waals surface area contributed by atoms with Crippen molar-refractivity contribution < 1.29 is 14.4 Å². The van der Waals surface area contributed by atoms with Crippen LogP contribution in [0.15, 0.2) is 61.1 Å². The van der Waals surface area contributed by atoms with E-state index < -0.39 is 5.91 Å². The summed E-state index contributed by atoms with van der Waals surface area (Å²) >= 11 is 0. The number of carbonyl (C=O) groups is 3. The summed E-state index contributed by atoms with van der Waals surface area (Å²) in [5.74, 6) is -1.10. The average Bonchev–Trinajstić information content (AvgIpc) is 3.08. The molecular weight excluding hydrogens is 346 g/mol. The van der Waals surface area contributed by atoms with Crippen molar-refractivity contribution in [3.63, 3.8) is 0 Å². The molecule has 0 saturated heterocycles. The molecule has 0 spiro atoms. The number of nitrogens with one attached hydrogen (secondary N) is 3. The van der Waals surface area contributed by atoms with Gasteiger partial charge in [-0.05, 0) is 29.7 Å². The number of hydrazine groups is 1. The molecule has 0 unspecified atom stereocenters. The predicted octanol–water partition coefficient (Wildman–Crippen LogP) is 1.60. The zero-order valence-electron chi connectivity index (χ0n) is 14.5. The summed E-state index contributed by atoms with van der Waals surface area (Å²) in [6.45, 7) is 0.0787. The maximum Gasteiger partial charge on any atom is 0.258 e. The highest BCUT2D eigenvalue weighted by Crippen LogP contribution is 2.14. The Morgan fingerprint density at radius 3 is 2.48 bits per heavy atom. The molecule has 2 heterocycles. The number of rotatable bonds is 6. The summed E-state index contributed by atoms with van der Waals surface area (Å²) < 4.78 is 1.79. The van der Waals surface area contributed by atoms with E-state index in [1.807, 2.05) is 36.5 Å². The molecule has 1 aromatic carbocycles. The normalized spacial score (nSPS) is 10.4. The number of benzene rings is 1. The lowest BCUT2D eigenvalue weighted by atomic mass is 10.2. The van der Waals surface area contributed by atoms with Crippen LogP contribution in [0.3, 0.4) is 0 Å². The Balaban J connectivity index is 1.39. The quantitative estimate of drug-likeness (QED) is 0.577.